The van der Waals surface area contributed by atoms with Gasteiger partial charge in [-0.3, -0.25) is 4.79 Å². The van der Waals surface area contributed by atoms with Crippen molar-refractivity contribution in [3.8, 4) is 17.2 Å². The molecular weight excluding hydrogens is 270 g/mol. The van der Waals surface area contributed by atoms with E-state index in [4.69, 9.17) is 9.47 Å². The summed E-state index contributed by atoms with van der Waals surface area (Å²) < 4.78 is 12.8. The molecule has 0 fully saturated rings. The van der Waals surface area contributed by atoms with E-state index in [1.54, 1.807) is 4.68 Å². The first-order chi connectivity index (χ1) is 10.2. The van der Waals surface area contributed by atoms with E-state index in [2.05, 4.69) is 10.3 Å². The van der Waals surface area contributed by atoms with Gasteiger partial charge in [-0.05, 0) is 32.4 Å². The topological polar surface area (TPSA) is 66.2 Å². The Morgan fingerprint density at radius 3 is 2.48 bits per heavy atom. The highest BCUT2D eigenvalue weighted by atomic mass is 16.5. The molecule has 0 radical (unpaired) electrons. The highest BCUT2D eigenvalue weighted by Gasteiger charge is 2.14. The lowest BCUT2D eigenvalue weighted by Crippen LogP contribution is -2.04. The molecule has 0 spiro atoms. The van der Waals surface area contributed by atoms with Crippen molar-refractivity contribution in [2.45, 2.75) is 27.2 Å². The Morgan fingerprint density at radius 2 is 1.86 bits per heavy atom. The summed E-state index contributed by atoms with van der Waals surface area (Å²) in [4.78, 5) is 11.0. The minimum absolute atomic E-state index is 0.365. The lowest BCUT2D eigenvalue weighted by molar-refractivity contribution is 0.111. The quantitative estimate of drug-likeness (QED) is 0.732. The van der Waals surface area contributed by atoms with E-state index in [9.17, 15) is 4.79 Å². The lowest BCUT2D eigenvalue weighted by Gasteiger charge is -2.13. The molecule has 0 aliphatic carbocycles. The van der Waals surface area contributed by atoms with Crippen molar-refractivity contribution in [3.63, 3.8) is 0 Å². The molecule has 0 saturated heterocycles. The maximum atomic E-state index is 11.0. The van der Waals surface area contributed by atoms with Gasteiger partial charge in [-0.2, -0.15) is 0 Å². The van der Waals surface area contributed by atoms with Gasteiger partial charge in [0.25, 0.3) is 0 Å². The molecule has 0 amide bonds. The first-order valence-electron chi connectivity index (χ1n) is 7.04. The van der Waals surface area contributed by atoms with E-state index in [1.807, 2.05) is 39.0 Å². The fourth-order valence-corrected chi connectivity index (χ4v) is 2.11. The highest BCUT2D eigenvalue weighted by molar-refractivity contribution is 5.73. The molecule has 0 aliphatic heterocycles. The fraction of sp³-hybridized carbons (Fsp3) is 0.400. The van der Waals surface area contributed by atoms with Crippen molar-refractivity contribution in [2.24, 2.45) is 0 Å². The van der Waals surface area contributed by atoms with Gasteiger partial charge in [0.1, 0.15) is 5.69 Å². The van der Waals surface area contributed by atoms with Crippen LogP contribution in [0.25, 0.3) is 5.69 Å². The van der Waals surface area contributed by atoms with Gasteiger partial charge in [-0.15, -0.1) is 5.10 Å². The molecule has 21 heavy (non-hydrogen) atoms. The van der Waals surface area contributed by atoms with Gasteiger partial charge in [-0.25, -0.2) is 4.68 Å². The van der Waals surface area contributed by atoms with Gasteiger partial charge in [0.15, 0.2) is 17.8 Å². The minimum Gasteiger partial charge on any atom is -0.490 e. The van der Waals surface area contributed by atoms with Crippen LogP contribution in [0, 0.1) is 0 Å². The summed E-state index contributed by atoms with van der Waals surface area (Å²) in [5.41, 5.74) is 1.93. The molecule has 1 aromatic heterocycles. The molecule has 2 rings (SSSR count). The molecule has 0 unspecified atom stereocenters. The summed E-state index contributed by atoms with van der Waals surface area (Å²) in [6.45, 7) is 6.91. The van der Waals surface area contributed by atoms with Crippen LogP contribution in [0.1, 0.15) is 37.0 Å². The van der Waals surface area contributed by atoms with E-state index < -0.39 is 0 Å². The molecule has 0 atom stereocenters. The second kappa shape index (κ2) is 6.88. The zero-order valence-electron chi connectivity index (χ0n) is 12.5. The van der Waals surface area contributed by atoms with Crippen LogP contribution in [0.2, 0.25) is 0 Å². The van der Waals surface area contributed by atoms with Crippen LogP contribution in [0.15, 0.2) is 18.2 Å². The molecule has 0 aliphatic rings. The van der Waals surface area contributed by atoms with Crippen molar-refractivity contribution >= 4 is 6.29 Å². The molecule has 2 aromatic rings. The number of carbonyl (C=O) groups is 1. The maximum absolute atomic E-state index is 11.0. The normalized spacial score (nSPS) is 10.4. The fourth-order valence-electron chi connectivity index (χ4n) is 2.11. The number of aldehydes is 1. The van der Waals surface area contributed by atoms with Gasteiger partial charge < -0.3 is 9.47 Å². The number of carbonyl (C=O) groups excluding carboxylic acids is 1. The van der Waals surface area contributed by atoms with E-state index in [0.29, 0.717) is 36.8 Å². The average molecular weight is 289 g/mol. The van der Waals surface area contributed by atoms with Crippen LogP contribution >= 0.6 is 0 Å². The van der Waals surface area contributed by atoms with Crippen LogP contribution in [0.5, 0.6) is 11.5 Å². The second-order valence-electron chi connectivity index (χ2n) is 4.30. The van der Waals surface area contributed by atoms with E-state index >= 15 is 0 Å². The van der Waals surface area contributed by atoms with Crippen LogP contribution < -0.4 is 9.47 Å². The summed E-state index contributed by atoms with van der Waals surface area (Å²) in [6, 6.07) is 5.55. The summed E-state index contributed by atoms with van der Waals surface area (Å²) in [5, 5.41) is 7.93. The largest absolute Gasteiger partial charge is 0.490 e. The Bertz CT molecular complexity index is 623. The van der Waals surface area contributed by atoms with Gasteiger partial charge in [0, 0.05) is 6.07 Å². The number of hydrogen-bond acceptors (Lipinski definition) is 5. The maximum Gasteiger partial charge on any atom is 0.172 e. The number of hydrogen-bond donors (Lipinski definition) is 0. The lowest BCUT2D eigenvalue weighted by atomic mass is 10.2. The first kappa shape index (κ1) is 15.0. The number of ether oxygens (including phenoxy) is 2. The summed E-state index contributed by atoms with van der Waals surface area (Å²) >= 11 is 0. The van der Waals surface area contributed by atoms with Crippen molar-refractivity contribution in [2.75, 3.05) is 13.2 Å². The Morgan fingerprint density at radius 1 is 1.14 bits per heavy atom. The Kier molecular flexibility index (Phi) is 4.92. The van der Waals surface area contributed by atoms with Crippen LogP contribution in [0.3, 0.4) is 0 Å². The minimum atomic E-state index is 0.365. The standard InChI is InChI=1S/C15H19N3O3/c1-4-13-12(10-19)16-17-18(13)11-7-8-14(20-5-2)15(9-11)21-6-3/h7-10H,4-6H2,1-3H3. The Labute approximate surface area is 123 Å². The van der Waals surface area contributed by atoms with Gasteiger partial charge >= 0.3 is 0 Å². The predicted octanol–water partition coefficient (Wildman–Crippen LogP) is 2.44. The smallest absolute Gasteiger partial charge is 0.172 e. The molecular formula is C15H19N3O3. The number of nitrogens with zero attached hydrogens (tertiary/aromatic N) is 3. The molecule has 112 valence electrons. The summed E-state index contributed by atoms with van der Waals surface area (Å²) in [5.74, 6) is 1.35. The highest BCUT2D eigenvalue weighted by Crippen LogP contribution is 2.30. The number of rotatable bonds is 7. The van der Waals surface area contributed by atoms with Gasteiger partial charge in [0.2, 0.25) is 0 Å². The van der Waals surface area contributed by atoms with E-state index in [1.165, 1.54) is 0 Å². The van der Waals surface area contributed by atoms with Crippen LogP contribution in [0.4, 0.5) is 0 Å². The van der Waals surface area contributed by atoms with Crippen molar-refractivity contribution in [1.82, 2.24) is 15.0 Å². The Hall–Kier alpha value is -2.37. The van der Waals surface area contributed by atoms with Gasteiger partial charge in [-0.1, -0.05) is 12.1 Å². The molecule has 6 heteroatoms. The SMILES string of the molecule is CCOc1ccc(-n2nnc(C=O)c2CC)cc1OCC. The van der Waals surface area contributed by atoms with Gasteiger partial charge in [0.05, 0.1) is 24.6 Å². The summed E-state index contributed by atoms with van der Waals surface area (Å²) in [7, 11) is 0. The predicted molar refractivity (Wildman–Crippen MR) is 78.5 cm³/mol. The molecule has 0 N–H and O–H groups in total. The third-order valence-corrected chi connectivity index (χ3v) is 3.01. The number of benzene rings is 1. The molecule has 6 nitrogen and oxygen atoms in total. The van der Waals surface area contributed by atoms with Crippen LogP contribution in [-0.2, 0) is 6.42 Å². The molecule has 1 heterocycles. The molecule has 1 aromatic carbocycles. The first-order valence-corrected chi connectivity index (χ1v) is 7.04. The Balaban J connectivity index is 2.47. The monoisotopic (exact) mass is 289 g/mol. The average Bonchev–Trinajstić information content (AvgIpc) is 2.92. The molecule has 0 saturated carbocycles. The number of aromatic nitrogens is 3. The van der Waals surface area contributed by atoms with Crippen molar-refractivity contribution in [1.29, 1.82) is 0 Å². The molecule has 0 bridgehead atoms. The second-order valence-corrected chi connectivity index (χ2v) is 4.30. The third kappa shape index (κ3) is 3.04. The van der Waals surface area contributed by atoms with E-state index in [0.717, 1.165) is 17.7 Å². The van der Waals surface area contributed by atoms with E-state index in [-0.39, 0.29) is 0 Å². The summed E-state index contributed by atoms with van der Waals surface area (Å²) in [6.07, 6.45) is 1.39. The third-order valence-electron chi connectivity index (χ3n) is 3.01. The van der Waals surface area contributed by atoms with Crippen LogP contribution in [-0.4, -0.2) is 34.5 Å². The van der Waals surface area contributed by atoms with Crippen molar-refractivity contribution < 1.29 is 14.3 Å². The zero-order chi connectivity index (χ0) is 15.2. The zero-order valence-corrected chi connectivity index (χ0v) is 12.5. The van der Waals surface area contributed by atoms with Crippen molar-refractivity contribution in [3.05, 3.63) is 29.6 Å².